The van der Waals surface area contributed by atoms with Gasteiger partial charge >= 0.3 is 5.97 Å². The molecule has 1 heterocycles. The number of hydrogen-bond donors (Lipinski definition) is 1. The summed E-state index contributed by atoms with van der Waals surface area (Å²) in [5, 5.41) is 9.21. The van der Waals surface area contributed by atoms with E-state index in [1.807, 2.05) is 0 Å². The third kappa shape index (κ3) is 4.44. The lowest BCUT2D eigenvalue weighted by Gasteiger charge is -2.40. The van der Waals surface area contributed by atoms with Crippen molar-refractivity contribution in [1.82, 2.24) is 0 Å². The molecular formula is C14H24O5. The highest BCUT2D eigenvalue weighted by molar-refractivity contribution is 5.70. The molecule has 19 heavy (non-hydrogen) atoms. The lowest BCUT2D eigenvalue weighted by atomic mass is 10.1. The molecule has 2 rings (SSSR count). The van der Waals surface area contributed by atoms with Crippen LogP contribution in [0.2, 0.25) is 0 Å². The Morgan fingerprint density at radius 2 is 1.89 bits per heavy atom. The summed E-state index contributed by atoms with van der Waals surface area (Å²) in [7, 11) is 0. The Balaban J connectivity index is 1.81. The molecule has 1 N–H and O–H groups in total. The number of rotatable bonds is 4. The summed E-state index contributed by atoms with van der Waals surface area (Å²) in [4.78, 5) is 11.9. The molecule has 5 heteroatoms. The highest BCUT2D eigenvalue weighted by Gasteiger charge is 2.36. The van der Waals surface area contributed by atoms with E-state index >= 15 is 0 Å². The van der Waals surface area contributed by atoms with Crippen LogP contribution in [-0.4, -0.2) is 41.8 Å². The van der Waals surface area contributed by atoms with Crippen LogP contribution in [0.3, 0.4) is 0 Å². The zero-order valence-electron chi connectivity index (χ0n) is 11.8. The highest BCUT2D eigenvalue weighted by Crippen LogP contribution is 2.29. The average Bonchev–Trinajstić information content (AvgIpc) is 2.79. The van der Waals surface area contributed by atoms with Crippen LogP contribution in [0.1, 0.15) is 52.4 Å². The van der Waals surface area contributed by atoms with Gasteiger partial charge in [0.2, 0.25) is 0 Å². The number of ether oxygens (including phenoxy) is 3. The first-order chi connectivity index (χ1) is 8.98. The van der Waals surface area contributed by atoms with Crippen molar-refractivity contribution in [1.29, 1.82) is 0 Å². The van der Waals surface area contributed by atoms with Crippen LogP contribution in [0.5, 0.6) is 0 Å². The van der Waals surface area contributed by atoms with Gasteiger partial charge in [0.25, 0.3) is 0 Å². The first-order valence-electron chi connectivity index (χ1n) is 7.14. The van der Waals surface area contributed by atoms with Crippen LogP contribution in [0.15, 0.2) is 0 Å². The van der Waals surface area contributed by atoms with Crippen LogP contribution in [0.25, 0.3) is 0 Å². The molecule has 1 aliphatic heterocycles. The van der Waals surface area contributed by atoms with Gasteiger partial charge in [0, 0.05) is 6.42 Å². The highest BCUT2D eigenvalue weighted by atomic mass is 16.7. The molecule has 0 aromatic heterocycles. The largest absolute Gasteiger partial charge is 0.462 e. The van der Waals surface area contributed by atoms with E-state index in [-0.39, 0.29) is 37.3 Å². The average molecular weight is 272 g/mol. The summed E-state index contributed by atoms with van der Waals surface area (Å²) in [6, 6.07) is 0. The Hall–Kier alpha value is -0.650. The smallest absolute Gasteiger partial charge is 0.308 e. The second-order valence-electron chi connectivity index (χ2n) is 5.90. The molecule has 1 aliphatic carbocycles. The first-order valence-corrected chi connectivity index (χ1v) is 7.14. The molecule has 0 amide bonds. The third-order valence-electron chi connectivity index (χ3n) is 3.63. The van der Waals surface area contributed by atoms with Crippen LogP contribution in [-0.2, 0) is 19.0 Å². The molecule has 2 unspecified atom stereocenters. The fourth-order valence-electron chi connectivity index (χ4n) is 2.88. The van der Waals surface area contributed by atoms with Gasteiger partial charge in [0.05, 0.1) is 25.2 Å². The van der Waals surface area contributed by atoms with Gasteiger partial charge in [-0.25, -0.2) is 0 Å². The molecule has 0 aromatic carbocycles. The fourth-order valence-corrected chi connectivity index (χ4v) is 2.88. The summed E-state index contributed by atoms with van der Waals surface area (Å²) < 4.78 is 16.7. The van der Waals surface area contributed by atoms with Gasteiger partial charge in [-0.15, -0.1) is 0 Å². The number of esters is 1. The summed E-state index contributed by atoms with van der Waals surface area (Å²) in [6.07, 6.45) is 4.59. The molecule has 1 saturated carbocycles. The second kappa shape index (κ2) is 6.20. The van der Waals surface area contributed by atoms with E-state index in [1.54, 1.807) is 13.8 Å². The zero-order valence-corrected chi connectivity index (χ0v) is 11.8. The van der Waals surface area contributed by atoms with Crippen molar-refractivity contribution < 1.29 is 24.1 Å². The van der Waals surface area contributed by atoms with E-state index < -0.39 is 5.79 Å². The zero-order chi connectivity index (χ0) is 13.9. The van der Waals surface area contributed by atoms with E-state index in [9.17, 15) is 9.90 Å². The maximum atomic E-state index is 11.9. The summed E-state index contributed by atoms with van der Waals surface area (Å²) >= 11 is 0. The molecule has 2 aliphatic rings. The Labute approximate surface area is 114 Å². The monoisotopic (exact) mass is 272 g/mol. The van der Waals surface area contributed by atoms with Crippen LogP contribution in [0, 0.1) is 0 Å². The fraction of sp³-hybridized carbons (Fsp3) is 0.929. The van der Waals surface area contributed by atoms with Crippen molar-refractivity contribution in [2.75, 3.05) is 6.61 Å². The van der Waals surface area contributed by atoms with Crippen molar-refractivity contribution >= 4 is 5.97 Å². The Kier molecular flexibility index (Phi) is 4.81. The first kappa shape index (κ1) is 14.8. The molecule has 0 radical (unpaired) electrons. The van der Waals surface area contributed by atoms with Gasteiger partial charge in [0.1, 0.15) is 6.10 Å². The van der Waals surface area contributed by atoms with E-state index in [4.69, 9.17) is 14.2 Å². The van der Waals surface area contributed by atoms with E-state index in [2.05, 4.69) is 0 Å². The van der Waals surface area contributed by atoms with Crippen molar-refractivity contribution in [3.63, 3.8) is 0 Å². The van der Waals surface area contributed by atoms with Gasteiger partial charge in [-0.05, 0) is 39.5 Å². The molecule has 2 atom stereocenters. The van der Waals surface area contributed by atoms with Crippen LogP contribution in [0.4, 0.5) is 0 Å². The second-order valence-corrected chi connectivity index (χ2v) is 5.90. The van der Waals surface area contributed by atoms with Gasteiger partial charge in [-0.3, -0.25) is 4.79 Å². The lowest BCUT2D eigenvalue weighted by molar-refractivity contribution is -0.304. The quantitative estimate of drug-likeness (QED) is 0.790. The number of carbonyl (C=O) groups is 1. The van der Waals surface area contributed by atoms with Crippen molar-refractivity contribution in [2.24, 2.45) is 0 Å². The SMILES string of the molecule is CC1(C)OC(CO)CC(CC(=O)OC2CCCC2)O1. The normalized spacial score (nSPS) is 31.3. The molecule has 5 nitrogen and oxygen atoms in total. The minimum Gasteiger partial charge on any atom is -0.462 e. The van der Waals surface area contributed by atoms with E-state index in [1.165, 1.54) is 0 Å². The van der Waals surface area contributed by atoms with Gasteiger partial charge in [0.15, 0.2) is 5.79 Å². The number of carbonyl (C=O) groups excluding carboxylic acids is 1. The predicted molar refractivity (Wildman–Crippen MR) is 68.5 cm³/mol. The van der Waals surface area contributed by atoms with Gasteiger partial charge in [-0.1, -0.05) is 0 Å². The Morgan fingerprint density at radius 1 is 1.26 bits per heavy atom. The molecular weight excluding hydrogens is 248 g/mol. The van der Waals surface area contributed by atoms with Crippen molar-refractivity contribution in [3.8, 4) is 0 Å². The molecule has 110 valence electrons. The third-order valence-corrected chi connectivity index (χ3v) is 3.63. The standard InChI is InChI=1S/C14H24O5/c1-14(2)18-11(7-12(9-15)19-14)8-13(16)17-10-5-3-4-6-10/h10-12,15H,3-9H2,1-2H3. The van der Waals surface area contributed by atoms with E-state index in [0.29, 0.717) is 6.42 Å². The Bertz CT molecular complexity index is 309. The molecule has 0 bridgehead atoms. The minimum absolute atomic E-state index is 0.0546. The lowest BCUT2D eigenvalue weighted by Crippen LogP contribution is -2.46. The predicted octanol–water partition coefficient (Wildman–Crippen LogP) is 1.76. The van der Waals surface area contributed by atoms with Crippen LogP contribution >= 0.6 is 0 Å². The summed E-state index contributed by atoms with van der Waals surface area (Å²) in [5.74, 6) is -0.962. The maximum absolute atomic E-state index is 11.9. The summed E-state index contributed by atoms with van der Waals surface area (Å²) in [5.41, 5.74) is 0. The maximum Gasteiger partial charge on any atom is 0.308 e. The number of hydrogen-bond acceptors (Lipinski definition) is 5. The molecule has 2 fully saturated rings. The molecule has 0 aromatic rings. The van der Waals surface area contributed by atoms with Crippen molar-refractivity contribution in [3.05, 3.63) is 0 Å². The van der Waals surface area contributed by atoms with Gasteiger partial charge < -0.3 is 19.3 Å². The number of aliphatic hydroxyl groups is 1. The summed E-state index contributed by atoms with van der Waals surface area (Å²) in [6.45, 7) is 3.54. The molecule has 1 saturated heterocycles. The van der Waals surface area contributed by atoms with E-state index in [0.717, 1.165) is 25.7 Å². The minimum atomic E-state index is -0.760. The number of aliphatic hydroxyl groups excluding tert-OH is 1. The topological polar surface area (TPSA) is 65.0 Å². The Morgan fingerprint density at radius 3 is 2.53 bits per heavy atom. The molecule has 0 spiro atoms. The van der Waals surface area contributed by atoms with Crippen LogP contribution < -0.4 is 0 Å². The van der Waals surface area contributed by atoms with Gasteiger partial charge in [-0.2, -0.15) is 0 Å². The van der Waals surface area contributed by atoms with Crippen molar-refractivity contribution in [2.45, 2.75) is 76.5 Å².